The fourth-order valence-electron chi connectivity index (χ4n) is 5.90. The van der Waals surface area contributed by atoms with Gasteiger partial charge in [-0.15, -0.1) is 0 Å². The lowest BCUT2D eigenvalue weighted by atomic mass is 9.56. The Morgan fingerprint density at radius 2 is 2.00 bits per heavy atom. The van der Waals surface area contributed by atoms with Crippen molar-refractivity contribution in [3.8, 4) is 0 Å². The van der Waals surface area contributed by atoms with Gasteiger partial charge in [-0.05, 0) is 95.8 Å². The highest BCUT2D eigenvalue weighted by molar-refractivity contribution is 5.82. The molecule has 0 amide bonds. The molecule has 3 nitrogen and oxygen atoms in total. The lowest BCUT2D eigenvalue weighted by Gasteiger charge is -2.51. The minimum atomic E-state index is -0.156. The van der Waals surface area contributed by atoms with E-state index in [-0.39, 0.29) is 11.6 Å². The van der Waals surface area contributed by atoms with Crippen molar-refractivity contribution in [2.45, 2.75) is 91.3 Å². The zero-order chi connectivity index (χ0) is 18.2. The second-order valence-corrected chi connectivity index (χ2v) is 9.67. The van der Waals surface area contributed by atoms with E-state index in [1.165, 1.54) is 37.7 Å². The van der Waals surface area contributed by atoms with Crippen molar-refractivity contribution in [1.29, 1.82) is 0 Å². The predicted octanol–water partition coefficient (Wildman–Crippen LogP) is 5.29. The van der Waals surface area contributed by atoms with Crippen LogP contribution in [0.3, 0.4) is 0 Å². The first-order chi connectivity index (χ1) is 11.7. The average molecular weight is 349 g/mol. The first-order valence-electron chi connectivity index (χ1n) is 10.3. The third kappa shape index (κ3) is 3.97. The van der Waals surface area contributed by atoms with E-state index >= 15 is 0 Å². The molecule has 0 heterocycles. The standard InChI is InChI=1S/C22H36O3/c1-6-24-20(23)14-15-7-8-17-16(13-15)11-12-22(5)18(17)9-10-19(22)25-21(2,3)4/h14,16-19H,6-13H2,1-5H3/b15-14-/t16-,17-,18+,19+,22+/m1/s1. The maximum atomic E-state index is 11.8. The number of ether oxygens (including phenoxy) is 2. The molecule has 142 valence electrons. The van der Waals surface area contributed by atoms with Gasteiger partial charge in [0, 0.05) is 6.08 Å². The quantitative estimate of drug-likeness (QED) is 0.514. The van der Waals surface area contributed by atoms with Gasteiger partial charge in [-0.2, -0.15) is 0 Å². The molecular formula is C22H36O3. The van der Waals surface area contributed by atoms with Crippen LogP contribution in [0.15, 0.2) is 11.6 Å². The van der Waals surface area contributed by atoms with Gasteiger partial charge in [0.15, 0.2) is 0 Å². The fourth-order valence-corrected chi connectivity index (χ4v) is 5.90. The lowest BCUT2D eigenvalue weighted by molar-refractivity contribution is -0.137. The van der Waals surface area contributed by atoms with Crippen LogP contribution in [-0.4, -0.2) is 24.3 Å². The predicted molar refractivity (Wildman–Crippen MR) is 100 cm³/mol. The Bertz CT molecular complexity index is 530. The second-order valence-electron chi connectivity index (χ2n) is 9.67. The van der Waals surface area contributed by atoms with E-state index in [1.807, 2.05) is 6.92 Å². The highest BCUT2D eigenvalue weighted by atomic mass is 16.5. The van der Waals surface area contributed by atoms with E-state index < -0.39 is 0 Å². The summed E-state index contributed by atoms with van der Waals surface area (Å²) in [4.78, 5) is 11.8. The summed E-state index contributed by atoms with van der Waals surface area (Å²) in [6.07, 6.45) is 10.7. The molecule has 0 radical (unpaired) electrons. The molecule has 0 aromatic carbocycles. The topological polar surface area (TPSA) is 35.5 Å². The van der Waals surface area contributed by atoms with Crippen LogP contribution in [0.25, 0.3) is 0 Å². The van der Waals surface area contributed by atoms with Gasteiger partial charge in [0.05, 0.1) is 18.3 Å². The van der Waals surface area contributed by atoms with E-state index in [0.717, 1.165) is 30.6 Å². The summed E-state index contributed by atoms with van der Waals surface area (Å²) >= 11 is 0. The SMILES string of the molecule is CCOC(=O)/C=C1/CC[C@@H]2[C@H](CC[C@]3(C)[C@@H](OC(C)(C)C)CC[C@@H]23)C1. The number of fused-ring (bicyclic) bond motifs is 3. The van der Waals surface area contributed by atoms with Crippen LogP contribution in [0.2, 0.25) is 0 Å². The van der Waals surface area contributed by atoms with Crippen LogP contribution in [0, 0.1) is 23.2 Å². The first-order valence-corrected chi connectivity index (χ1v) is 10.3. The summed E-state index contributed by atoms with van der Waals surface area (Å²) in [6, 6.07) is 0. The van der Waals surface area contributed by atoms with E-state index in [9.17, 15) is 4.79 Å². The third-order valence-corrected chi connectivity index (χ3v) is 6.93. The van der Waals surface area contributed by atoms with Crippen molar-refractivity contribution < 1.29 is 14.3 Å². The summed E-state index contributed by atoms with van der Waals surface area (Å²) < 4.78 is 11.6. The van der Waals surface area contributed by atoms with Crippen LogP contribution in [-0.2, 0) is 14.3 Å². The van der Waals surface area contributed by atoms with Gasteiger partial charge in [-0.1, -0.05) is 12.5 Å². The molecular weight excluding hydrogens is 312 g/mol. The van der Waals surface area contributed by atoms with E-state index in [2.05, 4.69) is 27.7 Å². The average Bonchev–Trinajstić information content (AvgIpc) is 2.83. The van der Waals surface area contributed by atoms with Crippen molar-refractivity contribution in [2.75, 3.05) is 6.61 Å². The minimum Gasteiger partial charge on any atom is -0.463 e. The normalized spacial score (nSPS) is 39.8. The monoisotopic (exact) mass is 348 g/mol. The number of carbonyl (C=O) groups is 1. The zero-order valence-electron chi connectivity index (χ0n) is 16.8. The van der Waals surface area contributed by atoms with Crippen molar-refractivity contribution in [3.05, 3.63) is 11.6 Å². The Morgan fingerprint density at radius 1 is 1.24 bits per heavy atom. The van der Waals surface area contributed by atoms with Crippen molar-refractivity contribution in [1.82, 2.24) is 0 Å². The number of hydrogen-bond donors (Lipinski definition) is 0. The maximum Gasteiger partial charge on any atom is 0.330 e. The molecule has 3 heteroatoms. The molecule has 0 bridgehead atoms. The third-order valence-electron chi connectivity index (χ3n) is 6.93. The molecule has 0 aromatic heterocycles. The summed E-state index contributed by atoms with van der Waals surface area (Å²) in [7, 11) is 0. The number of allylic oxidation sites excluding steroid dienone is 1. The molecule has 0 unspecified atom stereocenters. The van der Waals surface area contributed by atoms with Crippen LogP contribution in [0.4, 0.5) is 0 Å². The molecule has 25 heavy (non-hydrogen) atoms. The van der Waals surface area contributed by atoms with Gasteiger partial charge >= 0.3 is 5.97 Å². The number of esters is 1. The Balaban J connectivity index is 1.68. The van der Waals surface area contributed by atoms with Crippen LogP contribution in [0.1, 0.15) is 79.6 Å². The largest absolute Gasteiger partial charge is 0.463 e. The van der Waals surface area contributed by atoms with Gasteiger partial charge in [0.1, 0.15) is 0 Å². The minimum absolute atomic E-state index is 0.0540. The number of hydrogen-bond acceptors (Lipinski definition) is 3. The summed E-state index contributed by atoms with van der Waals surface area (Å²) in [5.41, 5.74) is 1.60. The molecule has 3 rings (SSSR count). The molecule has 0 aliphatic heterocycles. The zero-order valence-corrected chi connectivity index (χ0v) is 16.8. The molecule has 5 atom stereocenters. The van der Waals surface area contributed by atoms with Gasteiger partial charge in [-0.3, -0.25) is 0 Å². The molecule has 0 N–H and O–H groups in total. The van der Waals surface area contributed by atoms with Gasteiger partial charge in [0.25, 0.3) is 0 Å². The lowest BCUT2D eigenvalue weighted by Crippen LogP contribution is -2.46. The molecule has 0 saturated heterocycles. The molecule has 3 fully saturated rings. The maximum absolute atomic E-state index is 11.8. The number of rotatable bonds is 3. The van der Waals surface area contributed by atoms with E-state index in [0.29, 0.717) is 18.1 Å². The molecule has 0 aromatic rings. The molecule has 0 spiro atoms. The summed E-state index contributed by atoms with van der Waals surface area (Å²) in [5, 5.41) is 0. The Labute approximate surface area is 153 Å². The Morgan fingerprint density at radius 3 is 2.68 bits per heavy atom. The van der Waals surface area contributed by atoms with Gasteiger partial charge in [-0.25, -0.2) is 4.79 Å². The molecule has 3 saturated carbocycles. The smallest absolute Gasteiger partial charge is 0.330 e. The van der Waals surface area contributed by atoms with Gasteiger partial charge < -0.3 is 9.47 Å². The number of carbonyl (C=O) groups excluding carboxylic acids is 1. The van der Waals surface area contributed by atoms with Crippen molar-refractivity contribution >= 4 is 5.97 Å². The van der Waals surface area contributed by atoms with Crippen molar-refractivity contribution in [3.63, 3.8) is 0 Å². The summed E-state index contributed by atoms with van der Waals surface area (Å²) in [5.74, 6) is 2.20. The van der Waals surface area contributed by atoms with Gasteiger partial charge in [0.2, 0.25) is 0 Å². The fraction of sp³-hybridized carbons (Fsp3) is 0.864. The first kappa shape index (κ1) is 18.9. The van der Waals surface area contributed by atoms with Crippen LogP contribution < -0.4 is 0 Å². The molecule has 3 aliphatic rings. The molecule has 3 aliphatic carbocycles. The van der Waals surface area contributed by atoms with Crippen LogP contribution >= 0.6 is 0 Å². The van der Waals surface area contributed by atoms with E-state index in [4.69, 9.17) is 9.47 Å². The Hall–Kier alpha value is -0.830. The van der Waals surface area contributed by atoms with E-state index in [1.54, 1.807) is 6.08 Å². The second kappa shape index (κ2) is 7.06. The highest BCUT2D eigenvalue weighted by Gasteiger charge is 2.55. The van der Waals surface area contributed by atoms with Crippen molar-refractivity contribution in [2.24, 2.45) is 23.2 Å². The van der Waals surface area contributed by atoms with Crippen LogP contribution in [0.5, 0.6) is 0 Å². The Kier molecular flexibility index (Phi) is 5.35. The highest BCUT2D eigenvalue weighted by Crippen LogP contribution is 2.60. The summed E-state index contributed by atoms with van der Waals surface area (Å²) in [6.45, 7) is 11.4.